The van der Waals surface area contributed by atoms with Crippen LogP contribution < -0.4 is 0 Å². The van der Waals surface area contributed by atoms with Gasteiger partial charge in [-0.1, -0.05) is 51.0 Å². The molecule has 3 saturated carbocycles. The van der Waals surface area contributed by atoms with Crippen LogP contribution >= 0.6 is 0 Å². The van der Waals surface area contributed by atoms with Crippen LogP contribution in [0.15, 0.2) is 35.5 Å². The molecule has 31 heavy (non-hydrogen) atoms. The van der Waals surface area contributed by atoms with Crippen molar-refractivity contribution in [1.82, 2.24) is 0 Å². The summed E-state index contributed by atoms with van der Waals surface area (Å²) in [6, 6.07) is 0. The van der Waals surface area contributed by atoms with E-state index in [9.17, 15) is 15.3 Å². The third-order valence-electron chi connectivity index (χ3n) is 8.82. The highest BCUT2D eigenvalue weighted by Gasteiger charge is 2.48. The normalized spacial score (nSPS) is 39.3. The summed E-state index contributed by atoms with van der Waals surface area (Å²) in [6.45, 7) is 12.5. The van der Waals surface area contributed by atoms with E-state index < -0.39 is 17.8 Å². The standard InChI is InChI=1S/C28H46O3/c1-6-23-25(29)18-21(19(2)26(23)30)13-12-20-10-9-17-28(5)22(14-15-24(20)28)11-7-8-16-27(3,4)31/h12-13,22-26,29-31H,2,6-11,14-18H2,1,3-5H3/b20-12+,21-13-. The molecule has 6 atom stereocenters. The van der Waals surface area contributed by atoms with Crippen LogP contribution in [-0.2, 0) is 0 Å². The van der Waals surface area contributed by atoms with Crippen LogP contribution in [0.3, 0.4) is 0 Å². The monoisotopic (exact) mass is 430 g/mol. The van der Waals surface area contributed by atoms with Crippen molar-refractivity contribution in [1.29, 1.82) is 0 Å². The molecule has 0 bridgehead atoms. The second-order valence-corrected chi connectivity index (χ2v) is 11.5. The topological polar surface area (TPSA) is 60.7 Å². The maximum absolute atomic E-state index is 10.6. The van der Waals surface area contributed by atoms with Crippen molar-refractivity contribution >= 4 is 0 Å². The van der Waals surface area contributed by atoms with Crippen molar-refractivity contribution in [2.75, 3.05) is 0 Å². The Morgan fingerprint density at radius 3 is 2.58 bits per heavy atom. The number of allylic oxidation sites excluding steroid dienone is 3. The van der Waals surface area contributed by atoms with Crippen molar-refractivity contribution in [3.63, 3.8) is 0 Å². The Labute approximate surface area is 190 Å². The van der Waals surface area contributed by atoms with E-state index in [4.69, 9.17) is 0 Å². The molecule has 0 aromatic carbocycles. The number of hydrogen-bond donors (Lipinski definition) is 3. The predicted molar refractivity (Wildman–Crippen MR) is 129 cm³/mol. The average molecular weight is 431 g/mol. The second kappa shape index (κ2) is 9.93. The van der Waals surface area contributed by atoms with Gasteiger partial charge >= 0.3 is 0 Å². The van der Waals surface area contributed by atoms with E-state index in [1.807, 2.05) is 20.8 Å². The summed E-state index contributed by atoms with van der Waals surface area (Å²) in [5.74, 6) is 1.35. The van der Waals surface area contributed by atoms with Gasteiger partial charge in [0.1, 0.15) is 0 Å². The Bertz CT molecular complexity index is 698. The van der Waals surface area contributed by atoms with Gasteiger partial charge in [0.15, 0.2) is 0 Å². The first-order valence-electron chi connectivity index (χ1n) is 12.7. The Morgan fingerprint density at radius 1 is 1.16 bits per heavy atom. The van der Waals surface area contributed by atoms with E-state index in [-0.39, 0.29) is 5.92 Å². The van der Waals surface area contributed by atoms with Crippen molar-refractivity contribution < 1.29 is 15.3 Å². The quantitative estimate of drug-likeness (QED) is 0.428. The molecule has 6 unspecified atom stereocenters. The van der Waals surface area contributed by atoms with Gasteiger partial charge in [-0.25, -0.2) is 0 Å². The van der Waals surface area contributed by atoms with Crippen molar-refractivity contribution in [2.45, 2.75) is 116 Å². The van der Waals surface area contributed by atoms with Gasteiger partial charge in [0.05, 0.1) is 17.8 Å². The molecular weight excluding hydrogens is 384 g/mol. The summed E-state index contributed by atoms with van der Waals surface area (Å²) in [5.41, 5.74) is 3.23. The Balaban J connectivity index is 1.67. The van der Waals surface area contributed by atoms with Crippen molar-refractivity contribution in [3.05, 3.63) is 35.5 Å². The molecule has 176 valence electrons. The first-order valence-corrected chi connectivity index (χ1v) is 12.7. The lowest BCUT2D eigenvalue weighted by Gasteiger charge is -2.42. The predicted octanol–water partition coefficient (Wildman–Crippen LogP) is 6.09. The van der Waals surface area contributed by atoms with Crippen LogP contribution in [0, 0.1) is 23.2 Å². The fourth-order valence-electron chi connectivity index (χ4n) is 6.81. The van der Waals surface area contributed by atoms with Crippen LogP contribution in [0.1, 0.15) is 98.3 Å². The molecule has 3 fully saturated rings. The highest BCUT2D eigenvalue weighted by atomic mass is 16.3. The zero-order valence-electron chi connectivity index (χ0n) is 20.4. The zero-order chi connectivity index (χ0) is 22.8. The van der Waals surface area contributed by atoms with Crippen LogP contribution in [-0.4, -0.2) is 33.1 Å². The van der Waals surface area contributed by atoms with Crippen LogP contribution in [0.4, 0.5) is 0 Å². The first kappa shape index (κ1) is 24.7. The lowest BCUT2D eigenvalue weighted by Crippen LogP contribution is -2.38. The molecule has 0 amide bonds. The molecule has 0 radical (unpaired) electrons. The minimum absolute atomic E-state index is 0.0951. The molecule has 0 aliphatic heterocycles. The van der Waals surface area contributed by atoms with Crippen molar-refractivity contribution in [2.24, 2.45) is 23.2 Å². The molecule has 0 aromatic rings. The number of aliphatic hydroxyl groups excluding tert-OH is 2. The van der Waals surface area contributed by atoms with Gasteiger partial charge in [-0.15, -0.1) is 0 Å². The second-order valence-electron chi connectivity index (χ2n) is 11.5. The minimum atomic E-state index is -0.630. The lowest BCUT2D eigenvalue weighted by molar-refractivity contribution is 0.0167. The molecule has 3 aliphatic rings. The highest BCUT2D eigenvalue weighted by molar-refractivity contribution is 5.39. The summed E-state index contributed by atoms with van der Waals surface area (Å²) < 4.78 is 0. The fourth-order valence-corrected chi connectivity index (χ4v) is 6.81. The molecule has 0 heterocycles. The van der Waals surface area contributed by atoms with Gasteiger partial charge in [0.25, 0.3) is 0 Å². The van der Waals surface area contributed by atoms with E-state index in [1.54, 1.807) is 5.57 Å². The zero-order valence-corrected chi connectivity index (χ0v) is 20.4. The number of aliphatic hydroxyl groups is 3. The SMILES string of the molecule is C=C1/C(=C\C=C2/CCCC3(C)C(CCCCC(C)(C)O)CCC23)CC(O)C(CC)C1O. The molecule has 3 nitrogen and oxygen atoms in total. The van der Waals surface area contributed by atoms with Gasteiger partial charge in [-0.05, 0) is 100 Å². The van der Waals surface area contributed by atoms with Gasteiger partial charge in [0.2, 0.25) is 0 Å². The van der Waals surface area contributed by atoms with Crippen LogP contribution in [0.25, 0.3) is 0 Å². The summed E-state index contributed by atoms with van der Waals surface area (Å²) in [5, 5.41) is 31.0. The minimum Gasteiger partial charge on any atom is -0.392 e. The maximum Gasteiger partial charge on any atom is 0.0839 e. The molecule has 3 rings (SSSR count). The van der Waals surface area contributed by atoms with Crippen LogP contribution in [0.2, 0.25) is 0 Å². The highest BCUT2D eigenvalue weighted by Crippen LogP contribution is 2.58. The fraction of sp³-hybridized carbons (Fsp3) is 0.786. The number of hydrogen-bond acceptors (Lipinski definition) is 3. The van der Waals surface area contributed by atoms with E-state index in [2.05, 4.69) is 25.7 Å². The Hall–Kier alpha value is -0.900. The van der Waals surface area contributed by atoms with E-state index in [0.29, 0.717) is 17.8 Å². The molecule has 0 saturated heterocycles. The number of unbranched alkanes of at least 4 members (excludes halogenated alkanes) is 1. The van der Waals surface area contributed by atoms with Gasteiger partial charge < -0.3 is 15.3 Å². The first-order chi connectivity index (χ1) is 14.6. The third-order valence-corrected chi connectivity index (χ3v) is 8.82. The van der Waals surface area contributed by atoms with E-state index in [1.165, 1.54) is 44.9 Å². The largest absolute Gasteiger partial charge is 0.392 e. The number of rotatable bonds is 7. The molecule has 0 spiro atoms. The van der Waals surface area contributed by atoms with E-state index >= 15 is 0 Å². The smallest absolute Gasteiger partial charge is 0.0839 e. The maximum atomic E-state index is 10.6. The molecule has 3 N–H and O–H groups in total. The van der Waals surface area contributed by atoms with Gasteiger partial charge in [-0.3, -0.25) is 0 Å². The average Bonchev–Trinajstić information content (AvgIpc) is 3.03. The van der Waals surface area contributed by atoms with Gasteiger partial charge in [0, 0.05) is 5.92 Å². The summed E-state index contributed by atoms with van der Waals surface area (Å²) in [4.78, 5) is 0. The molecule has 0 aromatic heterocycles. The summed E-state index contributed by atoms with van der Waals surface area (Å²) >= 11 is 0. The molecule has 3 heteroatoms. The summed E-state index contributed by atoms with van der Waals surface area (Å²) in [6.07, 6.45) is 15.6. The lowest BCUT2D eigenvalue weighted by atomic mass is 9.62. The van der Waals surface area contributed by atoms with Crippen LogP contribution in [0.5, 0.6) is 0 Å². The Morgan fingerprint density at radius 2 is 1.90 bits per heavy atom. The molecule has 3 aliphatic carbocycles. The molecular formula is C28H46O3. The van der Waals surface area contributed by atoms with E-state index in [0.717, 1.165) is 36.3 Å². The van der Waals surface area contributed by atoms with Crippen molar-refractivity contribution in [3.8, 4) is 0 Å². The Kier molecular flexibility index (Phi) is 7.92. The third kappa shape index (κ3) is 5.54. The summed E-state index contributed by atoms with van der Waals surface area (Å²) in [7, 11) is 0. The van der Waals surface area contributed by atoms with Gasteiger partial charge in [-0.2, -0.15) is 0 Å². The number of fused-ring (bicyclic) bond motifs is 1.